The topological polar surface area (TPSA) is 132 Å². The molecule has 10 nitrogen and oxygen atoms in total. The minimum absolute atomic E-state index is 0.157. The van der Waals surface area contributed by atoms with Crippen molar-refractivity contribution in [2.75, 3.05) is 11.1 Å². The lowest BCUT2D eigenvalue weighted by molar-refractivity contribution is 0.452. The molecule has 1 fully saturated rings. The normalized spacial score (nSPS) is 13.3. The molecule has 1 aliphatic rings. The van der Waals surface area contributed by atoms with Gasteiger partial charge in [-0.15, -0.1) is 11.8 Å². The van der Waals surface area contributed by atoms with E-state index in [1.807, 2.05) is 18.3 Å². The van der Waals surface area contributed by atoms with Crippen LogP contribution in [0.1, 0.15) is 56.8 Å². The summed E-state index contributed by atoms with van der Waals surface area (Å²) in [6.45, 7) is 5.04. The maximum absolute atomic E-state index is 13.4. The van der Waals surface area contributed by atoms with E-state index in [1.54, 1.807) is 22.5 Å². The second-order valence-electron chi connectivity index (χ2n) is 8.68. The molecule has 2 N–H and O–H groups in total. The summed E-state index contributed by atoms with van der Waals surface area (Å²) < 4.78 is 1.63. The Bertz CT molecular complexity index is 1440. The fraction of sp³-hybridized carbons (Fsp3) is 0.400. The van der Waals surface area contributed by atoms with Gasteiger partial charge in [0, 0.05) is 23.6 Å². The predicted molar refractivity (Wildman–Crippen MR) is 139 cm³/mol. The molecule has 1 aliphatic carbocycles. The quantitative estimate of drug-likeness (QED) is 0.304. The van der Waals surface area contributed by atoms with Crippen LogP contribution in [0.4, 0.5) is 5.82 Å². The average molecular weight is 505 g/mol. The molecule has 0 saturated heterocycles. The van der Waals surface area contributed by atoms with Crippen LogP contribution in [0.3, 0.4) is 0 Å². The maximum atomic E-state index is 13.4. The van der Waals surface area contributed by atoms with Gasteiger partial charge in [-0.1, -0.05) is 20.3 Å². The number of anilines is 1. The lowest BCUT2D eigenvalue weighted by Crippen LogP contribution is -2.26. The van der Waals surface area contributed by atoms with Crippen molar-refractivity contribution < 1.29 is 5.11 Å². The zero-order chi connectivity index (χ0) is 25.1. The highest BCUT2D eigenvalue weighted by atomic mass is 32.2. The summed E-state index contributed by atoms with van der Waals surface area (Å²) in [6.07, 6.45) is 8.52. The standard InChI is InChI=1S/C25H28N8O2S/c1-3-5-10-33-23-18(13-28-21(32-23)19-20(15-6-7-15)29-14-30-24(19)34)31-22(25(33)35)27-11-16-8-9-17(12-26-16)36-4-2/h8-9,12-15H,3-7,10-11H2,1-2H3,(H,27,31)(H,29,30,34). The molecule has 0 aliphatic heterocycles. The minimum atomic E-state index is -0.255. The Morgan fingerprint density at radius 3 is 2.69 bits per heavy atom. The molecule has 186 valence electrons. The van der Waals surface area contributed by atoms with Crippen molar-refractivity contribution in [2.24, 2.45) is 0 Å². The van der Waals surface area contributed by atoms with Crippen molar-refractivity contribution in [1.29, 1.82) is 0 Å². The van der Waals surface area contributed by atoms with Gasteiger partial charge in [0.05, 0.1) is 24.1 Å². The number of aromatic hydroxyl groups is 1. The van der Waals surface area contributed by atoms with E-state index in [1.165, 1.54) is 6.33 Å². The molecule has 0 amide bonds. The van der Waals surface area contributed by atoms with Gasteiger partial charge >= 0.3 is 0 Å². The molecule has 0 bridgehead atoms. The molecule has 4 heterocycles. The number of hydrogen-bond acceptors (Lipinski definition) is 10. The number of rotatable bonds is 10. The molecule has 4 aromatic heterocycles. The highest BCUT2D eigenvalue weighted by molar-refractivity contribution is 7.99. The minimum Gasteiger partial charge on any atom is -0.493 e. The number of hydrogen-bond donors (Lipinski definition) is 2. The van der Waals surface area contributed by atoms with E-state index in [2.05, 4.69) is 49.1 Å². The number of unbranched alkanes of at least 4 members (excludes halogenated alkanes) is 1. The third-order valence-electron chi connectivity index (χ3n) is 6.01. The van der Waals surface area contributed by atoms with Crippen molar-refractivity contribution in [3.63, 3.8) is 0 Å². The maximum Gasteiger partial charge on any atom is 0.294 e. The number of aryl methyl sites for hydroxylation is 1. The summed E-state index contributed by atoms with van der Waals surface area (Å²) in [6, 6.07) is 3.97. The van der Waals surface area contributed by atoms with Gasteiger partial charge in [-0.25, -0.2) is 24.9 Å². The van der Waals surface area contributed by atoms with Crippen molar-refractivity contribution in [2.45, 2.75) is 63.4 Å². The van der Waals surface area contributed by atoms with Crippen LogP contribution in [-0.2, 0) is 13.1 Å². The summed E-state index contributed by atoms with van der Waals surface area (Å²) in [4.78, 5) is 41.0. The summed E-state index contributed by atoms with van der Waals surface area (Å²) >= 11 is 1.73. The Labute approximate surface area is 212 Å². The number of fused-ring (bicyclic) bond motifs is 1. The zero-order valence-corrected chi connectivity index (χ0v) is 21.1. The molecular weight excluding hydrogens is 476 g/mol. The van der Waals surface area contributed by atoms with Crippen LogP contribution in [0.2, 0.25) is 0 Å². The van der Waals surface area contributed by atoms with Crippen molar-refractivity contribution >= 4 is 28.7 Å². The molecule has 1 saturated carbocycles. The molecule has 36 heavy (non-hydrogen) atoms. The van der Waals surface area contributed by atoms with Crippen LogP contribution >= 0.6 is 11.8 Å². The van der Waals surface area contributed by atoms with Crippen LogP contribution in [0.25, 0.3) is 22.6 Å². The molecular formula is C25H28N8O2S. The molecule has 5 rings (SSSR count). The van der Waals surface area contributed by atoms with Gasteiger partial charge in [0.15, 0.2) is 17.3 Å². The van der Waals surface area contributed by atoms with Crippen molar-refractivity contribution in [3.8, 4) is 17.3 Å². The molecule has 0 radical (unpaired) electrons. The van der Waals surface area contributed by atoms with E-state index in [0.717, 1.165) is 47.7 Å². The lowest BCUT2D eigenvalue weighted by Gasteiger charge is -2.14. The highest BCUT2D eigenvalue weighted by Gasteiger charge is 2.31. The average Bonchev–Trinajstić information content (AvgIpc) is 3.73. The molecule has 0 spiro atoms. The number of nitrogens with one attached hydrogen (secondary N) is 1. The number of thioether (sulfide) groups is 1. The van der Waals surface area contributed by atoms with Crippen LogP contribution < -0.4 is 10.9 Å². The summed E-state index contributed by atoms with van der Waals surface area (Å²) in [5.74, 6) is 1.62. The Kier molecular flexibility index (Phi) is 7.08. The summed E-state index contributed by atoms with van der Waals surface area (Å²) in [7, 11) is 0. The van der Waals surface area contributed by atoms with Crippen LogP contribution in [0.5, 0.6) is 5.88 Å². The van der Waals surface area contributed by atoms with Crippen molar-refractivity contribution in [1.82, 2.24) is 34.5 Å². The Balaban J connectivity index is 1.51. The van der Waals surface area contributed by atoms with E-state index < -0.39 is 0 Å². The van der Waals surface area contributed by atoms with Crippen molar-refractivity contribution in [3.05, 3.63) is 52.6 Å². The largest absolute Gasteiger partial charge is 0.493 e. The first-order chi connectivity index (χ1) is 17.6. The predicted octanol–water partition coefficient (Wildman–Crippen LogP) is 4.15. The fourth-order valence-corrected chi connectivity index (χ4v) is 4.63. The van der Waals surface area contributed by atoms with E-state index in [-0.39, 0.29) is 23.2 Å². The molecule has 0 unspecified atom stereocenters. The van der Waals surface area contributed by atoms with Gasteiger partial charge in [0.1, 0.15) is 17.4 Å². The second kappa shape index (κ2) is 10.6. The van der Waals surface area contributed by atoms with Gasteiger partial charge in [0.2, 0.25) is 5.88 Å². The first kappa shape index (κ1) is 24.1. The van der Waals surface area contributed by atoms with E-state index in [9.17, 15) is 9.90 Å². The third-order valence-corrected chi connectivity index (χ3v) is 6.87. The fourth-order valence-electron chi connectivity index (χ4n) is 4.01. The number of nitrogens with zero attached hydrogens (tertiary/aromatic N) is 7. The third kappa shape index (κ3) is 5.01. The molecule has 0 atom stereocenters. The first-order valence-corrected chi connectivity index (χ1v) is 13.2. The Hall–Kier alpha value is -3.60. The second-order valence-corrected chi connectivity index (χ2v) is 10.0. The number of pyridine rings is 1. The van der Waals surface area contributed by atoms with Gasteiger partial charge < -0.3 is 10.4 Å². The van der Waals surface area contributed by atoms with Gasteiger partial charge in [0.25, 0.3) is 5.56 Å². The van der Waals surface area contributed by atoms with Crippen LogP contribution in [0, 0.1) is 0 Å². The molecule has 11 heteroatoms. The van der Waals surface area contributed by atoms with Gasteiger partial charge in [-0.3, -0.25) is 14.3 Å². The zero-order valence-electron chi connectivity index (χ0n) is 20.3. The van der Waals surface area contributed by atoms with Gasteiger partial charge in [-0.05, 0) is 37.1 Å². The number of aromatic nitrogens is 7. The first-order valence-electron chi connectivity index (χ1n) is 12.2. The lowest BCUT2D eigenvalue weighted by atomic mass is 10.1. The van der Waals surface area contributed by atoms with Crippen LogP contribution in [-0.4, -0.2) is 45.3 Å². The van der Waals surface area contributed by atoms with Gasteiger partial charge in [-0.2, -0.15) is 0 Å². The smallest absolute Gasteiger partial charge is 0.294 e. The van der Waals surface area contributed by atoms with E-state index in [4.69, 9.17) is 0 Å². The highest BCUT2D eigenvalue weighted by Crippen LogP contribution is 2.44. The van der Waals surface area contributed by atoms with Crippen LogP contribution in [0.15, 0.2) is 40.5 Å². The molecule has 0 aromatic carbocycles. The molecule has 4 aromatic rings. The SMILES string of the molecule is CCCCn1c(=O)c(NCc2ccc(SCC)cn2)nc2cnc(-c3c(O)ncnc3C3CC3)nc21. The summed E-state index contributed by atoms with van der Waals surface area (Å²) in [5.41, 5.74) is 2.64. The van der Waals surface area contributed by atoms with E-state index >= 15 is 0 Å². The Morgan fingerprint density at radius 1 is 1.11 bits per heavy atom. The summed E-state index contributed by atoms with van der Waals surface area (Å²) in [5, 5.41) is 13.6. The van der Waals surface area contributed by atoms with E-state index in [0.29, 0.717) is 35.6 Å². The monoisotopic (exact) mass is 504 g/mol. The Morgan fingerprint density at radius 2 is 1.97 bits per heavy atom.